The van der Waals surface area contributed by atoms with Gasteiger partial charge in [0, 0.05) is 13.1 Å². The zero-order chi connectivity index (χ0) is 12.5. The molecule has 1 aromatic carbocycles. The molecule has 5 nitrogen and oxygen atoms in total. The number of nitrogens with one attached hydrogen (secondary N) is 1. The average molecular weight is 245 g/mol. The van der Waals surface area contributed by atoms with E-state index in [0.29, 0.717) is 31.9 Å². The Balaban J connectivity index is 2.00. The molecule has 18 heavy (non-hydrogen) atoms. The maximum atomic E-state index is 12.4. The van der Waals surface area contributed by atoms with E-state index < -0.39 is 0 Å². The van der Waals surface area contributed by atoms with Gasteiger partial charge in [0.1, 0.15) is 11.3 Å². The molecule has 1 amide bonds. The summed E-state index contributed by atoms with van der Waals surface area (Å²) in [6, 6.07) is 5.65. The fraction of sp³-hybridized carbons (Fsp3) is 0.385. The van der Waals surface area contributed by atoms with Crippen molar-refractivity contribution < 1.29 is 9.53 Å². The first-order valence-electron chi connectivity index (χ1n) is 6.08. The summed E-state index contributed by atoms with van der Waals surface area (Å²) in [5.74, 6) is 0.864. The molecule has 1 fully saturated rings. The number of ether oxygens (including phenoxy) is 1. The average Bonchev–Trinajstić information content (AvgIpc) is 2.79. The van der Waals surface area contributed by atoms with E-state index in [2.05, 4.69) is 9.97 Å². The Morgan fingerprint density at radius 3 is 2.94 bits per heavy atom. The summed E-state index contributed by atoms with van der Waals surface area (Å²) in [5.41, 5.74) is 2.33. The van der Waals surface area contributed by atoms with Gasteiger partial charge in [-0.1, -0.05) is 6.07 Å². The van der Waals surface area contributed by atoms with Crippen molar-refractivity contribution in [3.05, 3.63) is 29.6 Å². The Hall–Kier alpha value is -1.88. The van der Waals surface area contributed by atoms with Gasteiger partial charge >= 0.3 is 0 Å². The summed E-state index contributed by atoms with van der Waals surface area (Å²) < 4.78 is 5.26. The molecule has 0 saturated carbocycles. The van der Waals surface area contributed by atoms with E-state index >= 15 is 0 Å². The second-order valence-electron chi connectivity index (χ2n) is 4.43. The van der Waals surface area contributed by atoms with Gasteiger partial charge in [0.2, 0.25) is 0 Å². The van der Waals surface area contributed by atoms with Gasteiger partial charge < -0.3 is 14.6 Å². The molecule has 1 N–H and O–H groups in total. The first-order chi connectivity index (χ1) is 8.75. The standard InChI is InChI=1S/C13H15N3O2/c1-9-14-11-4-2-3-10(12(11)15-9)13(17)16-5-7-18-8-6-16/h2-4H,5-8H2,1H3,(H,14,15). The Kier molecular flexibility index (Phi) is 2.76. The fourth-order valence-electron chi connectivity index (χ4n) is 2.26. The summed E-state index contributed by atoms with van der Waals surface area (Å²) in [6.45, 7) is 4.42. The number of rotatable bonds is 1. The van der Waals surface area contributed by atoms with Crippen LogP contribution in [0.3, 0.4) is 0 Å². The molecule has 2 aromatic rings. The molecule has 94 valence electrons. The number of H-pyrrole nitrogens is 1. The number of hydrogen-bond acceptors (Lipinski definition) is 3. The first-order valence-corrected chi connectivity index (χ1v) is 6.08. The van der Waals surface area contributed by atoms with Crippen molar-refractivity contribution in [3.8, 4) is 0 Å². The number of morpholine rings is 1. The lowest BCUT2D eigenvalue weighted by molar-refractivity contribution is 0.0304. The number of imidazole rings is 1. The molecule has 0 atom stereocenters. The lowest BCUT2D eigenvalue weighted by Crippen LogP contribution is -2.40. The van der Waals surface area contributed by atoms with E-state index in [-0.39, 0.29) is 5.91 Å². The molecule has 2 heterocycles. The number of aromatic nitrogens is 2. The fourth-order valence-corrected chi connectivity index (χ4v) is 2.26. The van der Waals surface area contributed by atoms with Gasteiger partial charge in [0.15, 0.2) is 0 Å². The van der Waals surface area contributed by atoms with Crippen LogP contribution in [0.25, 0.3) is 11.0 Å². The van der Waals surface area contributed by atoms with E-state index in [1.165, 1.54) is 0 Å². The van der Waals surface area contributed by atoms with Gasteiger partial charge in [-0.05, 0) is 19.1 Å². The highest BCUT2D eigenvalue weighted by atomic mass is 16.5. The van der Waals surface area contributed by atoms with E-state index in [1.807, 2.05) is 30.0 Å². The third-order valence-corrected chi connectivity index (χ3v) is 3.16. The molecule has 0 radical (unpaired) electrons. The number of para-hydroxylation sites is 1. The number of hydrogen-bond donors (Lipinski definition) is 1. The van der Waals surface area contributed by atoms with Gasteiger partial charge in [-0.2, -0.15) is 0 Å². The molecular formula is C13H15N3O2. The first kappa shape index (κ1) is 11.2. The number of carbonyl (C=O) groups is 1. The number of aryl methyl sites for hydroxylation is 1. The van der Waals surface area contributed by atoms with Crippen molar-refractivity contribution in [2.24, 2.45) is 0 Å². The zero-order valence-electron chi connectivity index (χ0n) is 10.3. The molecular weight excluding hydrogens is 230 g/mol. The Morgan fingerprint density at radius 2 is 2.17 bits per heavy atom. The Morgan fingerprint density at radius 1 is 1.39 bits per heavy atom. The van der Waals surface area contributed by atoms with Gasteiger partial charge in [-0.15, -0.1) is 0 Å². The molecule has 0 bridgehead atoms. The summed E-state index contributed by atoms with van der Waals surface area (Å²) >= 11 is 0. The summed E-state index contributed by atoms with van der Waals surface area (Å²) in [7, 11) is 0. The van der Waals surface area contributed by atoms with Crippen molar-refractivity contribution in [3.63, 3.8) is 0 Å². The molecule has 3 rings (SSSR count). The third-order valence-electron chi connectivity index (χ3n) is 3.16. The van der Waals surface area contributed by atoms with Crippen LogP contribution in [0.5, 0.6) is 0 Å². The van der Waals surface area contributed by atoms with Crippen molar-refractivity contribution in [2.45, 2.75) is 6.92 Å². The van der Waals surface area contributed by atoms with E-state index in [0.717, 1.165) is 16.9 Å². The second-order valence-corrected chi connectivity index (χ2v) is 4.43. The normalized spacial score (nSPS) is 16.2. The second kappa shape index (κ2) is 4.42. The lowest BCUT2D eigenvalue weighted by atomic mass is 10.1. The highest BCUT2D eigenvalue weighted by Crippen LogP contribution is 2.18. The molecule has 0 spiro atoms. The highest BCUT2D eigenvalue weighted by Gasteiger charge is 2.21. The van der Waals surface area contributed by atoms with Crippen LogP contribution in [-0.4, -0.2) is 47.1 Å². The van der Waals surface area contributed by atoms with Gasteiger partial charge in [0.25, 0.3) is 5.91 Å². The van der Waals surface area contributed by atoms with E-state index in [4.69, 9.17) is 4.74 Å². The van der Waals surface area contributed by atoms with Crippen LogP contribution in [0.2, 0.25) is 0 Å². The Labute approximate surface area is 105 Å². The molecule has 0 aliphatic carbocycles. The smallest absolute Gasteiger partial charge is 0.256 e. The van der Waals surface area contributed by atoms with Crippen LogP contribution < -0.4 is 0 Å². The number of amides is 1. The van der Waals surface area contributed by atoms with Crippen LogP contribution in [0.4, 0.5) is 0 Å². The number of carbonyl (C=O) groups excluding carboxylic acids is 1. The predicted octanol–water partition coefficient (Wildman–Crippen LogP) is 1.34. The number of fused-ring (bicyclic) bond motifs is 1. The van der Waals surface area contributed by atoms with Crippen LogP contribution in [0, 0.1) is 6.92 Å². The number of nitrogens with zero attached hydrogens (tertiary/aromatic N) is 2. The van der Waals surface area contributed by atoms with Crippen LogP contribution in [0.1, 0.15) is 16.2 Å². The van der Waals surface area contributed by atoms with E-state index in [9.17, 15) is 4.79 Å². The molecule has 5 heteroatoms. The number of aromatic amines is 1. The molecule has 1 saturated heterocycles. The SMILES string of the molecule is Cc1nc2c(C(=O)N3CCOCC3)cccc2[nH]1. The van der Waals surface area contributed by atoms with Crippen molar-refractivity contribution in [2.75, 3.05) is 26.3 Å². The minimum atomic E-state index is 0.0374. The molecule has 1 aliphatic heterocycles. The zero-order valence-corrected chi connectivity index (χ0v) is 10.3. The summed E-state index contributed by atoms with van der Waals surface area (Å²) in [4.78, 5) is 21.8. The van der Waals surface area contributed by atoms with Crippen molar-refractivity contribution in [1.82, 2.24) is 14.9 Å². The van der Waals surface area contributed by atoms with Gasteiger partial charge in [0.05, 0.1) is 24.3 Å². The maximum Gasteiger partial charge on any atom is 0.256 e. The number of benzene rings is 1. The Bertz CT molecular complexity index is 585. The predicted molar refractivity (Wildman–Crippen MR) is 67.6 cm³/mol. The monoisotopic (exact) mass is 245 g/mol. The van der Waals surface area contributed by atoms with Crippen LogP contribution in [-0.2, 0) is 4.74 Å². The topological polar surface area (TPSA) is 58.2 Å². The van der Waals surface area contributed by atoms with Crippen molar-refractivity contribution in [1.29, 1.82) is 0 Å². The minimum absolute atomic E-state index is 0.0374. The van der Waals surface area contributed by atoms with Crippen molar-refractivity contribution >= 4 is 16.9 Å². The summed E-state index contributed by atoms with van der Waals surface area (Å²) in [6.07, 6.45) is 0. The largest absolute Gasteiger partial charge is 0.378 e. The van der Waals surface area contributed by atoms with E-state index in [1.54, 1.807) is 0 Å². The molecule has 1 aromatic heterocycles. The molecule has 0 unspecified atom stereocenters. The van der Waals surface area contributed by atoms with Crippen LogP contribution in [0.15, 0.2) is 18.2 Å². The summed E-state index contributed by atoms with van der Waals surface area (Å²) in [5, 5.41) is 0. The molecule has 1 aliphatic rings. The van der Waals surface area contributed by atoms with Gasteiger partial charge in [-0.3, -0.25) is 4.79 Å². The van der Waals surface area contributed by atoms with Gasteiger partial charge in [-0.25, -0.2) is 4.98 Å². The quantitative estimate of drug-likeness (QED) is 0.825. The third kappa shape index (κ3) is 1.86. The maximum absolute atomic E-state index is 12.4. The van der Waals surface area contributed by atoms with Crippen LogP contribution >= 0.6 is 0 Å². The lowest BCUT2D eigenvalue weighted by Gasteiger charge is -2.26. The highest BCUT2D eigenvalue weighted by molar-refractivity contribution is 6.04. The minimum Gasteiger partial charge on any atom is -0.378 e.